The number of benzene rings is 1. The van der Waals surface area contributed by atoms with Gasteiger partial charge in [-0.15, -0.1) is 0 Å². The predicted octanol–water partition coefficient (Wildman–Crippen LogP) is 2.53. The Labute approximate surface area is 95.8 Å². The molecule has 18 heavy (non-hydrogen) atoms. The number of aromatic hydroxyl groups is 1. The molecule has 1 rings (SSSR count). The molecule has 1 aromatic carbocycles. The van der Waals surface area contributed by atoms with Crippen molar-refractivity contribution in [1.29, 1.82) is 0 Å². The molecule has 0 fully saturated rings. The fourth-order valence-corrected chi connectivity index (χ4v) is 1.31. The van der Waals surface area contributed by atoms with Gasteiger partial charge in [0.1, 0.15) is 11.3 Å². The zero-order valence-electron chi connectivity index (χ0n) is 8.36. The molecule has 3 N–H and O–H groups in total. The van der Waals surface area contributed by atoms with Gasteiger partial charge in [-0.05, 0) is 12.1 Å². The quantitative estimate of drug-likeness (QED) is 0.772. The highest BCUT2D eigenvalue weighted by atomic mass is 19.4. The number of carbonyl (C=O) groups is 1. The van der Waals surface area contributed by atoms with E-state index in [9.17, 15) is 31.1 Å². The Morgan fingerprint density at radius 3 is 1.89 bits per heavy atom. The third-order valence-corrected chi connectivity index (χ3v) is 2.03. The Kier molecular flexibility index (Phi) is 3.20. The van der Waals surface area contributed by atoms with Gasteiger partial charge in [-0.3, -0.25) is 4.79 Å². The smallest absolute Gasteiger partial charge is 0.420 e. The van der Waals surface area contributed by atoms with Gasteiger partial charge < -0.3 is 10.8 Å². The van der Waals surface area contributed by atoms with Crippen LogP contribution in [0.5, 0.6) is 5.75 Å². The minimum Gasteiger partial charge on any atom is -0.506 e. The van der Waals surface area contributed by atoms with Crippen molar-refractivity contribution in [3.8, 4) is 5.75 Å². The van der Waals surface area contributed by atoms with E-state index < -0.39 is 40.7 Å². The Balaban J connectivity index is 3.69. The van der Waals surface area contributed by atoms with E-state index in [4.69, 9.17) is 5.11 Å². The first-order chi connectivity index (χ1) is 7.96. The molecule has 0 saturated carbocycles. The highest BCUT2D eigenvalue weighted by Gasteiger charge is 2.46. The topological polar surface area (TPSA) is 63.3 Å². The molecule has 0 saturated heterocycles. The Hall–Kier alpha value is -1.93. The zero-order valence-corrected chi connectivity index (χ0v) is 8.36. The van der Waals surface area contributed by atoms with Gasteiger partial charge in [0.15, 0.2) is 0 Å². The first-order valence-corrected chi connectivity index (χ1v) is 4.26. The maximum atomic E-state index is 12.5. The number of nitrogens with two attached hydrogens (primary N) is 1. The van der Waals surface area contributed by atoms with Gasteiger partial charge in [0.25, 0.3) is 5.91 Å². The highest BCUT2D eigenvalue weighted by Crippen LogP contribution is 2.45. The molecule has 0 unspecified atom stereocenters. The summed E-state index contributed by atoms with van der Waals surface area (Å²) in [5, 5.41) is 9.12. The standard InChI is InChI=1S/C9H5F6NO2/c10-8(11,12)4-2-1-3(7(16)18)6(17)5(4)9(13,14)15/h1-2,17H,(H2,16,18). The third-order valence-electron chi connectivity index (χ3n) is 2.03. The summed E-state index contributed by atoms with van der Waals surface area (Å²) in [5.74, 6) is -3.29. The van der Waals surface area contributed by atoms with Crippen LogP contribution in [0, 0.1) is 0 Å². The van der Waals surface area contributed by atoms with Crippen LogP contribution in [-0.2, 0) is 12.4 Å². The number of amides is 1. The van der Waals surface area contributed by atoms with E-state index in [1.165, 1.54) is 0 Å². The average Bonchev–Trinajstić information content (AvgIpc) is 2.12. The van der Waals surface area contributed by atoms with Crippen molar-refractivity contribution in [2.75, 3.05) is 0 Å². The Morgan fingerprint density at radius 1 is 1.06 bits per heavy atom. The molecular formula is C9H5F6NO2. The summed E-state index contributed by atoms with van der Waals surface area (Å²) >= 11 is 0. The summed E-state index contributed by atoms with van der Waals surface area (Å²) in [5.41, 5.74) is -0.807. The number of hydrogen-bond acceptors (Lipinski definition) is 2. The van der Waals surface area contributed by atoms with Crippen molar-refractivity contribution in [2.24, 2.45) is 5.73 Å². The molecule has 0 aromatic heterocycles. The van der Waals surface area contributed by atoms with Gasteiger partial charge in [0.2, 0.25) is 0 Å². The number of halogens is 6. The summed E-state index contributed by atoms with van der Waals surface area (Å²) in [6.07, 6.45) is -10.8. The molecule has 100 valence electrons. The highest BCUT2D eigenvalue weighted by molar-refractivity contribution is 5.96. The van der Waals surface area contributed by atoms with Crippen molar-refractivity contribution in [3.05, 3.63) is 28.8 Å². The zero-order chi connectivity index (χ0) is 14.3. The molecule has 1 amide bonds. The van der Waals surface area contributed by atoms with Gasteiger partial charge in [-0.1, -0.05) is 0 Å². The fourth-order valence-electron chi connectivity index (χ4n) is 1.31. The van der Waals surface area contributed by atoms with E-state index >= 15 is 0 Å². The average molecular weight is 273 g/mol. The second kappa shape index (κ2) is 4.07. The number of carbonyl (C=O) groups excluding carboxylic acids is 1. The molecular weight excluding hydrogens is 268 g/mol. The van der Waals surface area contributed by atoms with Crippen LogP contribution in [0.3, 0.4) is 0 Å². The van der Waals surface area contributed by atoms with Crippen LogP contribution < -0.4 is 5.73 Å². The molecule has 0 atom stereocenters. The van der Waals surface area contributed by atoms with Crippen molar-refractivity contribution in [1.82, 2.24) is 0 Å². The molecule has 0 heterocycles. The summed E-state index contributed by atoms with van der Waals surface area (Å²) in [6, 6.07) is 0.429. The van der Waals surface area contributed by atoms with E-state index in [-0.39, 0.29) is 6.07 Å². The summed E-state index contributed by atoms with van der Waals surface area (Å²) < 4.78 is 74.5. The number of phenols is 1. The Morgan fingerprint density at radius 2 is 1.56 bits per heavy atom. The van der Waals surface area contributed by atoms with E-state index in [0.717, 1.165) is 0 Å². The number of hydrogen-bond donors (Lipinski definition) is 2. The SMILES string of the molecule is NC(=O)c1ccc(C(F)(F)F)c(C(F)(F)F)c1O. The van der Waals surface area contributed by atoms with Gasteiger partial charge >= 0.3 is 12.4 Å². The largest absolute Gasteiger partial charge is 0.506 e. The normalized spacial score (nSPS) is 12.6. The summed E-state index contributed by atoms with van der Waals surface area (Å²) in [4.78, 5) is 10.7. The van der Waals surface area contributed by atoms with Crippen LogP contribution in [0.15, 0.2) is 12.1 Å². The number of alkyl halides is 6. The lowest BCUT2D eigenvalue weighted by atomic mass is 10.0. The van der Waals surface area contributed by atoms with Crippen molar-refractivity contribution < 1.29 is 36.2 Å². The van der Waals surface area contributed by atoms with E-state index in [1.807, 2.05) is 0 Å². The second-order valence-electron chi connectivity index (χ2n) is 3.24. The van der Waals surface area contributed by atoms with Crippen LogP contribution in [0.1, 0.15) is 21.5 Å². The molecule has 1 aromatic rings. The van der Waals surface area contributed by atoms with Crippen LogP contribution in [0.25, 0.3) is 0 Å². The van der Waals surface area contributed by atoms with Crippen LogP contribution in [0.2, 0.25) is 0 Å². The number of rotatable bonds is 1. The van der Waals surface area contributed by atoms with E-state index in [2.05, 4.69) is 5.73 Å². The molecule has 3 nitrogen and oxygen atoms in total. The molecule has 0 aliphatic heterocycles. The molecule has 0 aliphatic rings. The first-order valence-electron chi connectivity index (χ1n) is 4.26. The van der Waals surface area contributed by atoms with E-state index in [0.29, 0.717) is 6.07 Å². The maximum absolute atomic E-state index is 12.5. The lowest BCUT2D eigenvalue weighted by Crippen LogP contribution is -2.20. The van der Waals surface area contributed by atoms with Crippen molar-refractivity contribution in [2.45, 2.75) is 12.4 Å². The fraction of sp³-hybridized carbons (Fsp3) is 0.222. The van der Waals surface area contributed by atoms with Crippen molar-refractivity contribution >= 4 is 5.91 Å². The maximum Gasteiger partial charge on any atom is 0.420 e. The minimum atomic E-state index is -5.47. The Bertz CT molecular complexity index is 491. The molecule has 9 heteroatoms. The van der Waals surface area contributed by atoms with E-state index in [1.54, 1.807) is 0 Å². The van der Waals surface area contributed by atoms with Gasteiger partial charge in [0, 0.05) is 0 Å². The van der Waals surface area contributed by atoms with Gasteiger partial charge in [-0.2, -0.15) is 26.3 Å². The summed E-state index contributed by atoms with van der Waals surface area (Å²) in [7, 11) is 0. The van der Waals surface area contributed by atoms with Crippen LogP contribution in [-0.4, -0.2) is 11.0 Å². The van der Waals surface area contributed by atoms with Crippen LogP contribution >= 0.6 is 0 Å². The molecule has 0 spiro atoms. The predicted molar refractivity (Wildman–Crippen MR) is 46.6 cm³/mol. The monoisotopic (exact) mass is 273 g/mol. The lowest BCUT2D eigenvalue weighted by molar-refractivity contribution is -0.163. The second-order valence-corrected chi connectivity index (χ2v) is 3.24. The lowest BCUT2D eigenvalue weighted by Gasteiger charge is -2.17. The molecule has 0 radical (unpaired) electrons. The molecule has 0 aliphatic carbocycles. The van der Waals surface area contributed by atoms with Gasteiger partial charge in [0.05, 0.1) is 11.1 Å². The van der Waals surface area contributed by atoms with Gasteiger partial charge in [-0.25, -0.2) is 0 Å². The summed E-state index contributed by atoms with van der Waals surface area (Å²) in [6.45, 7) is 0. The first kappa shape index (κ1) is 14.1. The molecule has 0 bridgehead atoms. The minimum absolute atomic E-state index is 0.0443. The van der Waals surface area contributed by atoms with Crippen LogP contribution in [0.4, 0.5) is 26.3 Å². The van der Waals surface area contributed by atoms with Crippen molar-refractivity contribution in [3.63, 3.8) is 0 Å². The third kappa shape index (κ3) is 2.49. The number of primary amides is 1.